The van der Waals surface area contributed by atoms with Crippen LogP contribution < -0.4 is 10.5 Å². The molecule has 0 aromatic heterocycles. The van der Waals surface area contributed by atoms with Gasteiger partial charge in [0.1, 0.15) is 11.3 Å². The lowest BCUT2D eigenvalue weighted by molar-refractivity contribution is -0.128. The van der Waals surface area contributed by atoms with Crippen molar-refractivity contribution in [3.8, 4) is 5.75 Å². The fourth-order valence-corrected chi connectivity index (χ4v) is 1.09. The molecule has 6 nitrogen and oxygen atoms in total. The van der Waals surface area contributed by atoms with E-state index in [2.05, 4.69) is 6.58 Å². The third kappa shape index (κ3) is 2.91. The summed E-state index contributed by atoms with van der Waals surface area (Å²) in [6, 6.07) is 3.46. The molecular formula is C11H9NO5. The molecule has 17 heavy (non-hydrogen) atoms. The molecule has 1 amide bonds. The number of benzene rings is 1. The number of amides is 1. The number of hydrogen-bond donors (Lipinski definition) is 2. The van der Waals surface area contributed by atoms with Crippen molar-refractivity contribution in [1.82, 2.24) is 0 Å². The van der Waals surface area contributed by atoms with Crippen LogP contribution in [0.15, 0.2) is 30.9 Å². The minimum absolute atomic E-state index is 0.0434. The molecule has 0 aliphatic carbocycles. The highest BCUT2D eigenvalue weighted by Crippen LogP contribution is 2.20. The molecule has 0 aliphatic rings. The average Bonchev–Trinajstić information content (AvgIpc) is 2.28. The average molecular weight is 235 g/mol. The van der Waals surface area contributed by atoms with Gasteiger partial charge in [-0.15, -0.1) is 0 Å². The van der Waals surface area contributed by atoms with Gasteiger partial charge in [0.25, 0.3) is 0 Å². The quantitative estimate of drug-likeness (QED) is 0.451. The topological polar surface area (TPSA) is 107 Å². The predicted octanol–water partition coefficient (Wildman–Crippen LogP) is 0.575. The van der Waals surface area contributed by atoms with Crippen LogP contribution in [0.25, 0.3) is 0 Å². The number of carboxylic acid groups (broad SMARTS) is 1. The molecule has 1 rings (SSSR count). The Kier molecular flexibility index (Phi) is 3.61. The normalized spacial score (nSPS) is 9.41. The van der Waals surface area contributed by atoms with Crippen molar-refractivity contribution in [1.29, 1.82) is 0 Å². The fraction of sp³-hybridized carbons (Fsp3) is 0. The molecule has 0 saturated carbocycles. The zero-order valence-corrected chi connectivity index (χ0v) is 8.67. The van der Waals surface area contributed by atoms with Crippen LogP contribution >= 0.6 is 0 Å². The standard InChI is InChI=1S/C11H9NO5/c1-2-9(13)17-8-5-6(10(12)14)3-4-7(8)11(15)16/h2-5H,1H2,(H2,12,14)(H,15,16). The van der Waals surface area contributed by atoms with Gasteiger partial charge in [-0.05, 0) is 18.2 Å². The van der Waals surface area contributed by atoms with E-state index in [-0.39, 0.29) is 16.9 Å². The van der Waals surface area contributed by atoms with Gasteiger partial charge in [-0.25, -0.2) is 9.59 Å². The van der Waals surface area contributed by atoms with Crippen LogP contribution in [0, 0.1) is 0 Å². The highest BCUT2D eigenvalue weighted by molar-refractivity contribution is 5.97. The van der Waals surface area contributed by atoms with Crippen molar-refractivity contribution in [2.75, 3.05) is 0 Å². The summed E-state index contributed by atoms with van der Waals surface area (Å²) in [4.78, 5) is 32.7. The first-order valence-corrected chi connectivity index (χ1v) is 4.47. The number of carboxylic acids is 1. The van der Waals surface area contributed by atoms with E-state index in [1.165, 1.54) is 6.07 Å². The van der Waals surface area contributed by atoms with Crippen molar-refractivity contribution >= 4 is 17.8 Å². The Hall–Kier alpha value is -2.63. The van der Waals surface area contributed by atoms with Gasteiger partial charge in [0.2, 0.25) is 5.91 Å². The molecule has 6 heteroatoms. The summed E-state index contributed by atoms with van der Waals surface area (Å²) in [5, 5.41) is 8.85. The van der Waals surface area contributed by atoms with Crippen molar-refractivity contribution in [3.63, 3.8) is 0 Å². The molecule has 88 valence electrons. The van der Waals surface area contributed by atoms with Gasteiger partial charge in [0.05, 0.1) is 0 Å². The van der Waals surface area contributed by atoms with Gasteiger partial charge in [-0.1, -0.05) is 6.58 Å². The summed E-state index contributed by atoms with van der Waals surface area (Å²) in [5.74, 6) is -3.11. The zero-order valence-electron chi connectivity index (χ0n) is 8.67. The van der Waals surface area contributed by atoms with E-state index in [1.807, 2.05) is 0 Å². The number of hydrogen-bond acceptors (Lipinski definition) is 4. The predicted molar refractivity (Wildman–Crippen MR) is 57.8 cm³/mol. The lowest BCUT2D eigenvalue weighted by Crippen LogP contribution is -2.13. The van der Waals surface area contributed by atoms with Crippen LogP contribution in [0.1, 0.15) is 20.7 Å². The van der Waals surface area contributed by atoms with Crippen molar-refractivity contribution in [3.05, 3.63) is 42.0 Å². The van der Waals surface area contributed by atoms with Crippen LogP contribution in [0.2, 0.25) is 0 Å². The molecule has 0 unspecified atom stereocenters. The first-order chi connectivity index (χ1) is 7.95. The molecule has 0 aliphatic heterocycles. The highest BCUT2D eigenvalue weighted by atomic mass is 16.5. The Morgan fingerprint density at radius 1 is 1.35 bits per heavy atom. The maximum atomic E-state index is 11.0. The van der Waals surface area contributed by atoms with E-state index in [0.717, 1.165) is 18.2 Å². The Morgan fingerprint density at radius 2 is 2.00 bits per heavy atom. The Balaban J connectivity index is 3.24. The summed E-state index contributed by atoms with van der Waals surface area (Å²) in [7, 11) is 0. The van der Waals surface area contributed by atoms with Gasteiger partial charge >= 0.3 is 11.9 Å². The van der Waals surface area contributed by atoms with Gasteiger partial charge < -0.3 is 15.6 Å². The van der Waals surface area contributed by atoms with Crippen LogP contribution in [0.4, 0.5) is 0 Å². The zero-order chi connectivity index (χ0) is 13.0. The van der Waals surface area contributed by atoms with Crippen molar-refractivity contribution in [2.24, 2.45) is 5.73 Å². The smallest absolute Gasteiger partial charge is 0.339 e. The summed E-state index contributed by atoms with van der Waals surface area (Å²) in [5.41, 5.74) is 4.82. The van der Waals surface area contributed by atoms with E-state index in [1.54, 1.807) is 0 Å². The third-order valence-corrected chi connectivity index (χ3v) is 1.87. The summed E-state index contributed by atoms with van der Waals surface area (Å²) in [6.07, 6.45) is 0.878. The minimum Gasteiger partial charge on any atom is -0.478 e. The fourth-order valence-electron chi connectivity index (χ4n) is 1.09. The molecule has 1 aromatic carbocycles. The Bertz CT molecular complexity index is 507. The summed E-state index contributed by atoms with van der Waals surface area (Å²) >= 11 is 0. The molecule has 0 heterocycles. The third-order valence-electron chi connectivity index (χ3n) is 1.87. The first kappa shape index (κ1) is 12.4. The van der Waals surface area contributed by atoms with E-state index in [9.17, 15) is 14.4 Å². The lowest BCUT2D eigenvalue weighted by atomic mass is 10.1. The number of rotatable bonds is 4. The van der Waals surface area contributed by atoms with Gasteiger partial charge in [0, 0.05) is 11.6 Å². The molecule has 0 radical (unpaired) electrons. The number of esters is 1. The van der Waals surface area contributed by atoms with Gasteiger partial charge in [0.15, 0.2) is 0 Å². The van der Waals surface area contributed by atoms with E-state index in [4.69, 9.17) is 15.6 Å². The largest absolute Gasteiger partial charge is 0.478 e. The number of carbonyl (C=O) groups is 3. The molecule has 0 atom stereocenters. The highest BCUT2D eigenvalue weighted by Gasteiger charge is 2.15. The second-order valence-corrected chi connectivity index (χ2v) is 3.01. The second-order valence-electron chi connectivity index (χ2n) is 3.01. The molecular weight excluding hydrogens is 226 g/mol. The molecule has 3 N–H and O–H groups in total. The monoisotopic (exact) mass is 235 g/mol. The Labute approximate surface area is 96.3 Å². The maximum absolute atomic E-state index is 11.0. The van der Waals surface area contributed by atoms with Crippen LogP contribution in [-0.4, -0.2) is 23.0 Å². The SMILES string of the molecule is C=CC(=O)Oc1cc(C(N)=O)ccc1C(=O)O. The molecule has 0 saturated heterocycles. The first-order valence-electron chi connectivity index (χ1n) is 4.47. The van der Waals surface area contributed by atoms with E-state index >= 15 is 0 Å². The van der Waals surface area contributed by atoms with Crippen LogP contribution in [0.5, 0.6) is 5.75 Å². The van der Waals surface area contributed by atoms with E-state index < -0.39 is 17.8 Å². The molecule has 1 aromatic rings. The van der Waals surface area contributed by atoms with Gasteiger partial charge in [-0.3, -0.25) is 4.79 Å². The van der Waals surface area contributed by atoms with Crippen molar-refractivity contribution < 1.29 is 24.2 Å². The minimum atomic E-state index is -1.28. The number of nitrogens with two attached hydrogens (primary N) is 1. The van der Waals surface area contributed by atoms with Crippen LogP contribution in [0.3, 0.4) is 0 Å². The molecule has 0 spiro atoms. The number of ether oxygens (including phenoxy) is 1. The lowest BCUT2D eigenvalue weighted by Gasteiger charge is -2.06. The maximum Gasteiger partial charge on any atom is 0.339 e. The Morgan fingerprint density at radius 3 is 2.47 bits per heavy atom. The molecule has 0 bridgehead atoms. The van der Waals surface area contributed by atoms with E-state index in [0.29, 0.717) is 0 Å². The second kappa shape index (κ2) is 4.93. The van der Waals surface area contributed by atoms with Crippen LogP contribution in [-0.2, 0) is 4.79 Å². The summed E-state index contributed by atoms with van der Waals surface area (Å²) < 4.78 is 4.70. The number of primary amides is 1. The molecule has 0 fully saturated rings. The van der Waals surface area contributed by atoms with Crippen molar-refractivity contribution in [2.45, 2.75) is 0 Å². The summed E-state index contributed by atoms with van der Waals surface area (Å²) in [6.45, 7) is 3.18. The number of carbonyl (C=O) groups excluding carboxylic acids is 2. The van der Waals surface area contributed by atoms with Gasteiger partial charge in [-0.2, -0.15) is 0 Å². The number of aromatic carboxylic acids is 1.